The molecule has 9 heteroatoms. The van der Waals surface area contributed by atoms with E-state index in [2.05, 4.69) is 10.4 Å². The monoisotopic (exact) mass is 410 g/mol. The molecule has 0 aliphatic rings. The maximum Gasteiger partial charge on any atom is 0.401 e. The summed E-state index contributed by atoms with van der Waals surface area (Å²) in [6.07, 6.45) is -3.76. The van der Waals surface area contributed by atoms with Crippen LogP contribution >= 0.6 is 11.3 Å². The lowest BCUT2D eigenvalue weighted by Crippen LogP contribution is -2.33. The lowest BCUT2D eigenvalue weighted by atomic mass is 10.3. The molecule has 3 aromatic rings. The average molecular weight is 410 g/mol. The van der Waals surface area contributed by atoms with Gasteiger partial charge >= 0.3 is 6.18 Å². The van der Waals surface area contributed by atoms with Crippen molar-refractivity contribution in [3.63, 3.8) is 0 Å². The van der Waals surface area contributed by atoms with Crippen LogP contribution in [0, 0.1) is 6.92 Å². The quantitative estimate of drug-likeness (QED) is 0.599. The molecular formula is C19H21F3N4OS. The van der Waals surface area contributed by atoms with Gasteiger partial charge in [0.25, 0.3) is 5.91 Å². The molecule has 0 atom stereocenters. The van der Waals surface area contributed by atoms with E-state index in [-0.39, 0.29) is 12.5 Å². The summed E-state index contributed by atoms with van der Waals surface area (Å²) in [7, 11) is 1.42. The maximum absolute atomic E-state index is 12.4. The highest BCUT2D eigenvalue weighted by molar-refractivity contribution is 7.20. The van der Waals surface area contributed by atoms with E-state index in [0.717, 1.165) is 21.6 Å². The van der Waals surface area contributed by atoms with Crippen molar-refractivity contribution in [3.05, 3.63) is 47.0 Å². The van der Waals surface area contributed by atoms with Gasteiger partial charge in [0.1, 0.15) is 4.83 Å². The van der Waals surface area contributed by atoms with Gasteiger partial charge in [0.15, 0.2) is 0 Å². The van der Waals surface area contributed by atoms with E-state index in [0.29, 0.717) is 17.8 Å². The molecule has 0 aliphatic carbocycles. The van der Waals surface area contributed by atoms with E-state index >= 15 is 0 Å². The van der Waals surface area contributed by atoms with Gasteiger partial charge in [0.2, 0.25) is 0 Å². The summed E-state index contributed by atoms with van der Waals surface area (Å²) in [5.74, 6) is -0.223. The van der Waals surface area contributed by atoms with Gasteiger partial charge in [-0.1, -0.05) is 18.2 Å². The first-order valence-electron chi connectivity index (χ1n) is 8.82. The number of benzene rings is 1. The topological polar surface area (TPSA) is 50.2 Å². The highest BCUT2D eigenvalue weighted by atomic mass is 32.1. The minimum absolute atomic E-state index is 0.223. The Kier molecular flexibility index (Phi) is 6.04. The fourth-order valence-electron chi connectivity index (χ4n) is 2.93. The molecule has 150 valence electrons. The number of aromatic nitrogens is 2. The number of nitrogens with one attached hydrogen (secondary N) is 1. The molecule has 2 heterocycles. The number of amides is 1. The molecule has 0 saturated heterocycles. The van der Waals surface area contributed by atoms with E-state index in [4.69, 9.17) is 0 Å². The van der Waals surface area contributed by atoms with Crippen molar-refractivity contribution in [3.8, 4) is 5.69 Å². The van der Waals surface area contributed by atoms with Gasteiger partial charge in [-0.15, -0.1) is 11.3 Å². The summed E-state index contributed by atoms with van der Waals surface area (Å²) in [5, 5.41) is 8.24. The van der Waals surface area contributed by atoms with Crippen LogP contribution in [0.3, 0.4) is 0 Å². The number of hydrogen-bond donors (Lipinski definition) is 1. The number of aryl methyl sites for hydroxylation is 1. The molecule has 5 nitrogen and oxygen atoms in total. The number of para-hydroxylation sites is 1. The molecule has 1 aromatic carbocycles. The largest absolute Gasteiger partial charge is 0.401 e. The number of alkyl halides is 3. The molecular weight excluding hydrogens is 389 g/mol. The molecule has 0 bridgehead atoms. The number of hydrogen-bond acceptors (Lipinski definition) is 4. The molecule has 0 unspecified atom stereocenters. The maximum atomic E-state index is 12.4. The van der Waals surface area contributed by atoms with Crippen LogP contribution < -0.4 is 5.32 Å². The van der Waals surface area contributed by atoms with Crippen molar-refractivity contribution in [1.29, 1.82) is 0 Å². The molecule has 1 N–H and O–H groups in total. The summed E-state index contributed by atoms with van der Waals surface area (Å²) in [6, 6.07) is 11.5. The van der Waals surface area contributed by atoms with Crippen molar-refractivity contribution in [2.45, 2.75) is 19.5 Å². The van der Waals surface area contributed by atoms with Crippen molar-refractivity contribution in [1.82, 2.24) is 20.0 Å². The molecule has 28 heavy (non-hydrogen) atoms. The van der Waals surface area contributed by atoms with Crippen LogP contribution in [0.4, 0.5) is 13.2 Å². The summed E-state index contributed by atoms with van der Waals surface area (Å²) < 4.78 is 38.7. The number of fused-ring (bicyclic) bond motifs is 1. The van der Waals surface area contributed by atoms with Gasteiger partial charge in [-0.25, -0.2) is 4.68 Å². The zero-order valence-corrected chi connectivity index (χ0v) is 16.4. The fourth-order valence-corrected chi connectivity index (χ4v) is 4.03. The Bertz CT molecular complexity index is 949. The fraction of sp³-hybridized carbons (Fsp3) is 0.368. The van der Waals surface area contributed by atoms with Gasteiger partial charge in [-0.05, 0) is 45.1 Å². The Morgan fingerprint density at radius 1 is 1.29 bits per heavy atom. The molecule has 3 rings (SSSR count). The average Bonchev–Trinajstić information content (AvgIpc) is 3.19. The summed E-state index contributed by atoms with van der Waals surface area (Å²) in [6.45, 7) is 1.52. The van der Waals surface area contributed by atoms with Gasteiger partial charge in [-0.2, -0.15) is 18.3 Å². The predicted octanol–water partition coefficient (Wildman–Crippen LogP) is 4.01. The molecule has 0 spiro atoms. The summed E-state index contributed by atoms with van der Waals surface area (Å²) in [4.78, 5) is 15.1. The van der Waals surface area contributed by atoms with Crippen LogP contribution in [0.15, 0.2) is 36.4 Å². The van der Waals surface area contributed by atoms with Gasteiger partial charge in [-0.3, -0.25) is 9.69 Å². The van der Waals surface area contributed by atoms with Crippen molar-refractivity contribution >= 4 is 27.5 Å². The van der Waals surface area contributed by atoms with Gasteiger partial charge in [0, 0.05) is 11.9 Å². The number of rotatable bonds is 7. The number of nitrogens with zero attached hydrogens (tertiary/aromatic N) is 3. The first-order chi connectivity index (χ1) is 13.2. The van der Waals surface area contributed by atoms with Crippen molar-refractivity contribution in [2.75, 3.05) is 26.7 Å². The summed E-state index contributed by atoms with van der Waals surface area (Å²) in [5.41, 5.74) is 1.75. The normalized spacial score (nSPS) is 12.1. The molecule has 0 aliphatic heterocycles. The number of carbonyl (C=O) groups is 1. The smallest absolute Gasteiger partial charge is 0.351 e. The lowest BCUT2D eigenvalue weighted by molar-refractivity contribution is -0.143. The predicted molar refractivity (Wildman–Crippen MR) is 104 cm³/mol. The first kappa shape index (κ1) is 20.3. The third kappa shape index (κ3) is 4.90. The van der Waals surface area contributed by atoms with E-state index in [1.54, 1.807) is 0 Å². The highest BCUT2D eigenvalue weighted by Crippen LogP contribution is 2.30. The highest BCUT2D eigenvalue weighted by Gasteiger charge is 2.28. The standard InChI is InChI=1S/C19H21F3N4OS/c1-13-15-11-16(17(27)23-9-6-10-25(2)12-19(20,21)22)28-18(15)26(24-13)14-7-4-3-5-8-14/h3-5,7-8,11H,6,9-10,12H2,1-2H3,(H,23,27). The van der Waals surface area contributed by atoms with E-state index in [1.165, 1.54) is 23.3 Å². The Labute approximate surface area is 164 Å². The van der Waals surface area contributed by atoms with Crippen LogP contribution in [0.2, 0.25) is 0 Å². The van der Waals surface area contributed by atoms with E-state index in [9.17, 15) is 18.0 Å². The second-order valence-corrected chi connectivity index (χ2v) is 7.66. The van der Waals surface area contributed by atoms with Crippen LogP contribution in [0.1, 0.15) is 21.8 Å². The van der Waals surface area contributed by atoms with Crippen LogP contribution in [-0.4, -0.2) is 53.4 Å². The van der Waals surface area contributed by atoms with Crippen LogP contribution in [-0.2, 0) is 0 Å². The molecule has 0 fully saturated rings. The molecule has 2 aromatic heterocycles. The first-order valence-corrected chi connectivity index (χ1v) is 9.64. The lowest BCUT2D eigenvalue weighted by Gasteiger charge is -2.18. The van der Waals surface area contributed by atoms with E-state index in [1.807, 2.05) is 48.0 Å². The van der Waals surface area contributed by atoms with Crippen molar-refractivity contribution < 1.29 is 18.0 Å². The Morgan fingerprint density at radius 2 is 2.00 bits per heavy atom. The molecule has 0 radical (unpaired) electrons. The molecule has 0 saturated carbocycles. The Morgan fingerprint density at radius 3 is 2.68 bits per heavy atom. The number of carbonyl (C=O) groups excluding carboxylic acids is 1. The van der Waals surface area contributed by atoms with Gasteiger partial charge < -0.3 is 5.32 Å². The Balaban J connectivity index is 1.62. The van der Waals surface area contributed by atoms with Crippen molar-refractivity contribution in [2.24, 2.45) is 0 Å². The molecule has 1 amide bonds. The summed E-state index contributed by atoms with van der Waals surface area (Å²) >= 11 is 1.35. The minimum Gasteiger partial charge on any atom is -0.351 e. The second-order valence-electron chi connectivity index (χ2n) is 6.62. The van der Waals surface area contributed by atoms with Gasteiger partial charge in [0.05, 0.1) is 22.8 Å². The zero-order chi connectivity index (χ0) is 20.3. The number of halogens is 3. The third-order valence-electron chi connectivity index (χ3n) is 4.22. The second kappa shape index (κ2) is 8.32. The third-order valence-corrected chi connectivity index (χ3v) is 5.33. The van der Waals surface area contributed by atoms with E-state index < -0.39 is 12.7 Å². The SMILES string of the molecule is Cc1nn(-c2ccccc2)c2sc(C(=O)NCCCN(C)CC(F)(F)F)cc12. The number of thiophene rings is 1. The Hall–Kier alpha value is -2.39. The van der Waals surface area contributed by atoms with Crippen LogP contribution in [0.25, 0.3) is 15.9 Å². The zero-order valence-electron chi connectivity index (χ0n) is 15.6. The minimum atomic E-state index is -4.21. The van der Waals surface area contributed by atoms with Crippen LogP contribution in [0.5, 0.6) is 0 Å².